The maximum atomic E-state index is 12.5. The largest absolute Gasteiger partial charge is 0.493 e. The Hall–Kier alpha value is -2.82. The van der Waals surface area contributed by atoms with Crippen LogP contribution in [0.25, 0.3) is 0 Å². The lowest BCUT2D eigenvalue weighted by molar-refractivity contribution is -0.114. The molecule has 2 N–H and O–H groups in total. The Morgan fingerprint density at radius 3 is 2.39 bits per heavy atom. The highest BCUT2D eigenvalue weighted by molar-refractivity contribution is 6.06. The maximum Gasteiger partial charge on any atom is 0.259 e. The van der Waals surface area contributed by atoms with E-state index in [0.717, 1.165) is 6.42 Å². The Kier molecular flexibility index (Phi) is 5.74. The first-order valence-corrected chi connectivity index (χ1v) is 7.51. The fraction of sp³-hybridized carbons (Fsp3) is 0.222. The smallest absolute Gasteiger partial charge is 0.259 e. The molecule has 0 spiro atoms. The quantitative estimate of drug-likeness (QED) is 0.855. The summed E-state index contributed by atoms with van der Waals surface area (Å²) in [4.78, 5) is 23.6. The number of benzene rings is 2. The van der Waals surface area contributed by atoms with Gasteiger partial charge in [-0.1, -0.05) is 25.1 Å². The summed E-state index contributed by atoms with van der Waals surface area (Å²) in [5.74, 6) is 0.147. The first-order valence-electron chi connectivity index (χ1n) is 7.51. The Labute approximate surface area is 135 Å². The van der Waals surface area contributed by atoms with E-state index in [0.29, 0.717) is 29.3 Å². The summed E-state index contributed by atoms with van der Waals surface area (Å²) in [6.45, 7) is 4.01. The summed E-state index contributed by atoms with van der Waals surface area (Å²) in [6, 6.07) is 14.1. The molecule has 5 heteroatoms. The van der Waals surface area contributed by atoms with Crippen LogP contribution in [-0.2, 0) is 4.79 Å². The second-order valence-corrected chi connectivity index (χ2v) is 5.06. The van der Waals surface area contributed by atoms with E-state index in [2.05, 4.69) is 10.6 Å². The van der Waals surface area contributed by atoms with Crippen LogP contribution in [0.15, 0.2) is 48.5 Å². The predicted octanol–water partition coefficient (Wildman–Crippen LogP) is 3.69. The van der Waals surface area contributed by atoms with E-state index in [1.165, 1.54) is 6.92 Å². The minimum absolute atomic E-state index is 0.160. The van der Waals surface area contributed by atoms with Crippen LogP contribution in [0.5, 0.6) is 5.75 Å². The molecule has 0 unspecified atom stereocenters. The standard InChI is InChI=1S/C18H20N2O3/c1-3-11-23-17-10-5-4-9-16(17)18(22)20-15-8-6-7-14(12-15)19-13(2)21/h4-10,12H,3,11H2,1-2H3,(H,19,21)(H,20,22). The molecule has 0 fully saturated rings. The molecule has 2 amide bonds. The third-order valence-electron chi connectivity index (χ3n) is 3.03. The third kappa shape index (κ3) is 4.85. The lowest BCUT2D eigenvalue weighted by atomic mass is 10.1. The lowest BCUT2D eigenvalue weighted by Gasteiger charge is -2.12. The van der Waals surface area contributed by atoms with Crippen molar-refractivity contribution < 1.29 is 14.3 Å². The molecule has 5 nitrogen and oxygen atoms in total. The first-order chi connectivity index (χ1) is 11.1. The minimum atomic E-state index is -0.253. The number of nitrogens with one attached hydrogen (secondary N) is 2. The summed E-state index contributed by atoms with van der Waals surface area (Å²) in [6.07, 6.45) is 0.870. The van der Waals surface area contributed by atoms with E-state index in [4.69, 9.17) is 4.74 Å². The topological polar surface area (TPSA) is 67.4 Å². The summed E-state index contributed by atoms with van der Waals surface area (Å²) in [7, 11) is 0. The number of amides is 2. The van der Waals surface area contributed by atoms with Crippen molar-refractivity contribution in [1.82, 2.24) is 0 Å². The van der Waals surface area contributed by atoms with Crippen LogP contribution in [-0.4, -0.2) is 18.4 Å². The molecule has 2 aromatic carbocycles. The first kappa shape index (κ1) is 16.5. The molecule has 120 valence electrons. The van der Waals surface area contributed by atoms with E-state index < -0.39 is 0 Å². The van der Waals surface area contributed by atoms with Crippen molar-refractivity contribution in [2.45, 2.75) is 20.3 Å². The highest BCUT2D eigenvalue weighted by Gasteiger charge is 2.12. The van der Waals surface area contributed by atoms with Crippen molar-refractivity contribution in [3.05, 3.63) is 54.1 Å². The Morgan fingerprint density at radius 1 is 1.00 bits per heavy atom. The van der Waals surface area contributed by atoms with Crippen molar-refractivity contribution in [2.24, 2.45) is 0 Å². The number of para-hydroxylation sites is 1. The maximum absolute atomic E-state index is 12.5. The van der Waals surface area contributed by atoms with Gasteiger partial charge in [0.1, 0.15) is 5.75 Å². The van der Waals surface area contributed by atoms with Crippen molar-refractivity contribution in [2.75, 3.05) is 17.2 Å². The van der Waals surface area contributed by atoms with Crippen LogP contribution in [0.2, 0.25) is 0 Å². The average molecular weight is 312 g/mol. The fourth-order valence-corrected chi connectivity index (χ4v) is 2.07. The molecule has 0 saturated carbocycles. The van der Waals surface area contributed by atoms with Crippen molar-refractivity contribution >= 4 is 23.2 Å². The van der Waals surface area contributed by atoms with Gasteiger partial charge in [-0.3, -0.25) is 9.59 Å². The molecule has 0 radical (unpaired) electrons. The predicted molar refractivity (Wildman–Crippen MR) is 90.9 cm³/mol. The Morgan fingerprint density at radius 2 is 1.70 bits per heavy atom. The SMILES string of the molecule is CCCOc1ccccc1C(=O)Nc1cccc(NC(C)=O)c1. The van der Waals surface area contributed by atoms with Gasteiger partial charge in [0.15, 0.2) is 0 Å². The lowest BCUT2D eigenvalue weighted by Crippen LogP contribution is -2.14. The van der Waals surface area contributed by atoms with Crippen molar-refractivity contribution in [3.63, 3.8) is 0 Å². The van der Waals surface area contributed by atoms with Gasteiger partial charge in [-0.05, 0) is 36.8 Å². The van der Waals surface area contributed by atoms with Crippen LogP contribution in [0.3, 0.4) is 0 Å². The second kappa shape index (κ2) is 7.98. The number of hydrogen-bond acceptors (Lipinski definition) is 3. The van der Waals surface area contributed by atoms with E-state index in [-0.39, 0.29) is 11.8 Å². The highest BCUT2D eigenvalue weighted by Crippen LogP contribution is 2.21. The van der Waals surface area contributed by atoms with Gasteiger partial charge in [0, 0.05) is 18.3 Å². The fourth-order valence-electron chi connectivity index (χ4n) is 2.07. The minimum Gasteiger partial charge on any atom is -0.493 e. The van der Waals surface area contributed by atoms with Gasteiger partial charge in [-0.2, -0.15) is 0 Å². The highest BCUT2D eigenvalue weighted by atomic mass is 16.5. The Bertz CT molecular complexity index is 698. The number of carbonyl (C=O) groups is 2. The normalized spacial score (nSPS) is 10.0. The van der Waals surface area contributed by atoms with Crippen LogP contribution >= 0.6 is 0 Å². The summed E-state index contributed by atoms with van der Waals surface area (Å²) < 4.78 is 5.60. The van der Waals surface area contributed by atoms with Gasteiger partial charge in [0.25, 0.3) is 5.91 Å². The van der Waals surface area contributed by atoms with Gasteiger partial charge in [0.2, 0.25) is 5.91 Å². The molecular formula is C18H20N2O3. The molecule has 0 aliphatic rings. The van der Waals surface area contributed by atoms with E-state index in [1.807, 2.05) is 13.0 Å². The molecule has 0 aliphatic carbocycles. The molecule has 0 atom stereocenters. The Balaban J connectivity index is 2.14. The molecule has 23 heavy (non-hydrogen) atoms. The molecule has 0 saturated heterocycles. The summed E-state index contributed by atoms with van der Waals surface area (Å²) in [5, 5.41) is 5.50. The van der Waals surface area contributed by atoms with Crippen LogP contribution in [0, 0.1) is 0 Å². The van der Waals surface area contributed by atoms with Gasteiger partial charge < -0.3 is 15.4 Å². The zero-order chi connectivity index (χ0) is 16.7. The molecule has 2 rings (SSSR count). The monoisotopic (exact) mass is 312 g/mol. The van der Waals surface area contributed by atoms with Gasteiger partial charge in [0.05, 0.1) is 12.2 Å². The second-order valence-electron chi connectivity index (χ2n) is 5.06. The van der Waals surface area contributed by atoms with Gasteiger partial charge >= 0.3 is 0 Å². The zero-order valence-electron chi connectivity index (χ0n) is 13.3. The molecule has 0 heterocycles. The zero-order valence-corrected chi connectivity index (χ0v) is 13.3. The molecular weight excluding hydrogens is 292 g/mol. The van der Waals surface area contributed by atoms with Crippen LogP contribution in [0.1, 0.15) is 30.6 Å². The van der Waals surface area contributed by atoms with Crippen LogP contribution < -0.4 is 15.4 Å². The summed E-state index contributed by atoms with van der Waals surface area (Å²) >= 11 is 0. The molecule has 0 aromatic heterocycles. The third-order valence-corrected chi connectivity index (χ3v) is 3.03. The molecule has 0 aliphatic heterocycles. The number of anilines is 2. The average Bonchev–Trinajstić information content (AvgIpc) is 2.53. The summed E-state index contributed by atoms with van der Waals surface area (Å²) in [5.41, 5.74) is 1.71. The molecule has 0 bridgehead atoms. The number of ether oxygens (including phenoxy) is 1. The van der Waals surface area contributed by atoms with E-state index in [1.54, 1.807) is 42.5 Å². The van der Waals surface area contributed by atoms with E-state index >= 15 is 0 Å². The van der Waals surface area contributed by atoms with Gasteiger partial charge in [-0.15, -0.1) is 0 Å². The molecule has 2 aromatic rings. The van der Waals surface area contributed by atoms with Crippen molar-refractivity contribution in [1.29, 1.82) is 0 Å². The number of hydrogen-bond donors (Lipinski definition) is 2. The van der Waals surface area contributed by atoms with Crippen molar-refractivity contribution in [3.8, 4) is 5.75 Å². The number of carbonyl (C=O) groups excluding carboxylic acids is 2. The van der Waals surface area contributed by atoms with Gasteiger partial charge in [-0.25, -0.2) is 0 Å². The van der Waals surface area contributed by atoms with E-state index in [9.17, 15) is 9.59 Å². The number of rotatable bonds is 6. The van der Waals surface area contributed by atoms with Crippen LogP contribution in [0.4, 0.5) is 11.4 Å².